The first kappa shape index (κ1) is 22.8. The number of nitrogens with two attached hydrogens (primary N) is 1. The van der Waals surface area contributed by atoms with Crippen molar-refractivity contribution in [2.24, 2.45) is 13.0 Å². The molecule has 3 aromatic rings. The number of amides is 1. The smallest absolute Gasteiger partial charge is 0.252 e. The summed E-state index contributed by atoms with van der Waals surface area (Å²) in [7, 11) is 1.81. The molecule has 182 valence electrons. The Morgan fingerprint density at radius 3 is 2.76 bits per heavy atom. The van der Waals surface area contributed by atoms with Crippen LogP contribution in [0, 0.1) is 5.92 Å². The van der Waals surface area contributed by atoms with Gasteiger partial charge in [0.1, 0.15) is 30.0 Å². The van der Waals surface area contributed by atoms with E-state index >= 15 is 0 Å². The average molecular weight is 470 g/mol. The third-order valence-electron chi connectivity index (χ3n) is 6.98. The number of carbonyl (C=O) groups excluding carboxylic acids is 1. The number of ether oxygens (including phenoxy) is 1. The second-order valence-corrected chi connectivity index (χ2v) is 9.29. The summed E-state index contributed by atoms with van der Waals surface area (Å²) in [6.07, 6.45) is 6.98. The van der Waals surface area contributed by atoms with E-state index in [9.17, 15) is 15.0 Å². The van der Waals surface area contributed by atoms with Crippen LogP contribution in [0.4, 0.5) is 5.82 Å². The topological polar surface area (TPSA) is 153 Å². The van der Waals surface area contributed by atoms with Gasteiger partial charge in [0.2, 0.25) is 0 Å². The molecular formula is C23H31N7O4. The number of nitrogens with one attached hydrogen (secondary N) is 1. The fraction of sp³-hybridized carbons (Fsp3) is 0.565. The Bertz CT molecular complexity index is 1170. The standard InChI is InChI=1S/C23H31N7O4/c1-29-10-8-15(28-29)14-11-30(21-16(14)20(24)26-12-27-21)23-18(32)17(31)19(34-23)22(33)25-9-7-13-5-3-2-4-6-13/h8,10-13,17-19,23,31-32H,2-7,9H2,1H3,(H,25,33)(H2,24,26,27)/t17-,18+,19-,23+/m0/s1. The quantitative estimate of drug-likeness (QED) is 0.419. The van der Waals surface area contributed by atoms with Crippen LogP contribution < -0.4 is 11.1 Å². The molecule has 4 heterocycles. The number of fused-ring (bicyclic) bond motifs is 1. The molecule has 2 aliphatic rings. The largest absolute Gasteiger partial charge is 0.387 e. The number of aliphatic hydroxyl groups is 2. The Hall–Kier alpha value is -3.02. The summed E-state index contributed by atoms with van der Waals surface area (Å²) in [6.45, 7) is 0.525. The van der Waals surface area contributed by atoms with E-state index in [0.717, 1.165) is 6.42 Å². The zero-order valence-electron chi connectivity index (χ0n) is 19.2. The van der Waals surface area contributed by atoms with Crippen molar-refractivity contribution in [3.63, 3.8) is 0 Å². The number of carbonyl (C=O) groups is 1. The summed E-state index contributed by atoms with van der Waals surface area (Å²) >= 11 is 0. The number of hydrogen-bond acceptors (Lipinski definition) is 8. The zero-order valence-corrected chi connectivity index (χ0v) is 19.2. The van der Waals surface area contributed by atoms with Gasteiger partial charge in [0.25, 0.3) is 5.91 Å². The van der Waals surface area contributed by atoms with E-state index in [0.29, 0.717) is 34.8 Å². The lowest BCUT2D eigenvalue weighted by Crippen LogP contribution is -2.43. The number of aromatic nitrogens is 5. The van der Waals surface area contributed by atoms with Crippen LogP contribution >= 0.6 is 0 Å². The molecule has 0 aromatic carbocycles. The molecule has 1 aliphatic heterocycles. The van der Waals surface area contributed by atoms with Crippen LogP contribution in [0.25, 0.3) is 22.3 Å². The highest BCUT2D eigenvalue weighted by molar-refractivity contribution is 5.99. The van der Waals surface area contributed by atoms with Crippen molar-refractivity contribution in [2.45, 2.75) is 63.1 Å². The lowest BCUT2D eigenvalue weighted by molar-refractivity contribution is -0.137. The monoisotopic (exact) mass is 469 g/mol. The van der Waals surface area contributed by atoms with Crippen LogP contribution in [0.5, 0.6) is 0 Å². The van der Waals surface area contributed by atoms with Gasteiger partial charge in [-0.1, -0.05) is 32.1 Å². The van der Waals surface area contributed by atoms with Crippen molar-refractivity contribution in [1.29, 1.82) is 0 Å². The number of anilines is 1. The van der Waals surface area contributed by atoms with E-state index in [-0.39, 0.29) is 5.82 Å². The Morgan fingerprint density at radius 1 is 1.24 bits per heavy atom. The first-order chi connectivity index (χ1) is 16.4. The Morgan fingerprint density at radius 2 is 2.03 bits per heavy atom. The molecule has 1 saturated heterocycles. The molecule has 4 atom stereocenters. The minimum Gasteiger partial charge on any atom is -0.387 e. The van der Waals surface area contributed by atoms with Crippen LogP contribution in [0.15, 0.2) is 24.8 Å². The fourth-order valence-electron chi connectivity index (χ4n) is 5.14. The minimum absolute atomic E-state index is 0.259. The molecule has 5 rings (SSSR count). The molecule has 11 nitrogen and oxygen atoms in total. The Labute approximate surface area is 196 Å². The van der Waals surface area contributed by atoms with Gasteiger partial charge in [0.15, 0.2) is 12.3 Å². The number of aryl methyl sites for hydroxylation is 1. The first-order valence-corrected chi connectivity index (χ1v) is 11.8. The third-order valence-corrected chi connectivity index (χ3v) is 6.98. The molecule has 1 saturated carbocycles. The van der Waals surface area contributed by atoms with Crippen LogP contribution in [0.1, 0.15) is 44.8 Å². The molecule has 0 bridgehead atoms. The number of nitrogens with zero attached hydrogens (tertiary/aromatic N) is 5. The van der Waals surface area contributed by atoms with Gasteiger partial charge in [0.05, 0.1) is 11.1 Å². The summed E-state index contributed by atoms with van der Waals surface area (Å²) in [5.41, 5.74) is 7.89. The van der Waals surface area contributed by atoms with Crippen molar-refractivity contribution in [2.75, 3.05) is 12.3 Å². The van der Waals surface area contributed by atoms with Crippen molar-refractivity contribution in [3.05, 3.63) is 24.8 Å². The number of hydrogen-bond donors (Lipinski definition) is 4. The van der Waals surface area contributed by atoms with E-state index in [2.05, 4.69) is 20.4 Å². The highest BCUT2D eigenvalue weighted by Gasteiger charge is 2.47. The predicted octanol–water partition coefficient (Wildman–Crippen LogP) is 1.12. The fourth-order valence-corrected chi connectivity index (χ4v) is 5.14. The van der Waals surface area contributed by atoms with Crippen LogP contribution in [-0.2, 0) is 16.6 Å². The lowest BCUT2D eigenvalue weighted by Gasteiger charge is -2.22. The Kier molecular flexibility index (Phi) is 6.24. The van der Waals surface area contributed by atoms with E-state index in [1.165, 1.54) is 38.4 Å². The maximum atomic E-state index is 12.8. The molecule has 0 spiro atoms. The summed E-state index contributed by atoms with van der Waals surface area (Å²) in [5.74, 6) is 0.457. The summed E-state index contributed by atoms with van der Waals surface area (Å²) < 4.78 is 9.15. The highest BCUT2D eigenvalue weighted by Crippen LogP contribution is 2.38. The zero-order chi connectivity index (χ0) is 23.8. The molecule has 1 aliphatic carbocycles. The van der Waals surface area contributed by atoms with Crippen LogP contribution in [0.3, 0.4) is 0 Å². The van der Waals surface area contributed by atoms with E-state index < -0.39 is 30.4 Å². The van der Waals surface area contributed by atoms with Gasteiger partial charge in [-0.05, 0) is 18.4 Å². The minimum atomic E-state index is -1.38. The Balaban J connectivity index is 1.36. The van der Waals surface area contributed by atoms with Crippen LogP contribution in [-0.4, -0.2) is 65.3 Å². The van der Waals surface area contributed by atoms with Crippen molar-refractivity contribution < 1.29 is 19.7 Å². The highest BCUT2D eigenvalue weighted by atomic mass is 16.6. The predicted molar refractivity (Wildman–Crippen MR) is 124 cm³/mol. The number of nitrogen functional groups attached to an aromatic ring is 1. The SMILES string of the molecule is Cn1ccc(-c2cn([C@@H]3O[C@H](C(=O)NCCC4CCCCC4)[C@@H](O)[C@H]3O)c3ncnc(N)c23)n1. The number of aliphatic hydroxyl groups excluding tert-OH is 2. The first-order valence-electron chi connectivity index (χ1n) is 11.8. The number of rotatable bonds is 6. The van der Waals surface area contributed by atoms with Crippen molar-refractivity contribution >= 4 is 22.8 Å². The summed E-state index contributed by atoms with van der Waals surface area (Å²) in [5, 5.41) is 29.3. The van der Waals surface area contributed by atoms with Crippen molar-refractivity contribution in [3.8, 4) is 11.3 Å². The van der Waals surface area contributed by atoms with E-state index in [1.807, 2.05) is 6.07 Å². The second-order valence-electron chi connectivity index (χ2n) is 9.29. The van der Waals surface area contributed by atoms with Gasteiger partial charge in [-0.15, -0.1) is 0 Å². The van der Waals surface area contributed by atoms with Crippen LogP contribution in [0.2, 0.25) is 0 Å². The van der Waals surface area contributed by atoms with E-state index in [1.54, 1.807) is 28.7 Å². The second kappa shape index (κ2) is 9.32. The molecule has 5 N–H and O–H groups in total. The summed E-state index contributed by atoms with van der Waals surface area (Å²) in [4.78, 5) is 21.2. The average Bonchev–Trinajstić information content (AvgIpc) is 3.51. The van der Waals surface area contributed by atoms with Gasteiger partial charge >= 0.3 is 0 Å². The van der Waals surface area contributed by atoms with Crippen molar-refractivity contribution in [1.82, 2.24) is 29.6 Å². The molecule has 11 heteroatoms. The molecule has 0 radical (unpaired) electrons. The van der Waals surface area contributed by atoms with Gasteiger partial charge in [0, 0.05) is 31.5 Å². The maximum Gasteiger partial charge on any atom is 0.252 e. The molecule has 1 amide bonds. The third kappa shape index (κ3) is 4.15. The maximum absolute atomic E-state index is 12.8. The molecule has 34 heavy (non-hydrogen) atoms. The van der Waals surface area contributed by atoms with Gasteiger partial charge in [-0.25, -0.2) is 9.97 Å². The van der Waals surface area contributed by atoms with Gasteiger partial charge in [-0.2, -0.15) is 5.10 Å². The van der Waals surface area contributed by atoms with Gasteiger partial charge < -0.3 is 30.6 Å². The molecular weight excluding hydrogens is 438 g/mol. The molecule has 2 fully saturated rings. The molecule has 3 aromatic heterocycles. The summed E-state index contributed by atoms with van der Waals surface area (Å²) in [6, 6.07) is 1.83. The molecule has 0 unspecified atom stereocenters. The van der Waals surface area contributed by atoms with Gasteiger partial charge in [-0.3, -0.25) is 9.48 Å². The lowest BCUT2D eigenvalue weighted by atomic mass is 9.87. The normalized spacial score (nSPS) is 25.7. The van der Waals surface area contributed by atoms with E-state index in [4.69, 9.17) is 10.5 Å².